The fraction of sp³-hybridized carbons (Fsp3) is 0.235. The van der Waals surface area contributed by atoms with Gasteiger partial charge in [-0.1, -0.05) is 18.2 Å². The van der Waals surface area contributed by atoms with Gasteiger partial charge in [0.2, 0.25) is 0 Å². The van der Waals surface area contributed by atoms with Gasteiger partial charge in [0.15, 0.2) is 0 Å². The summed E-state index contributed by atoms with van der Waals surface area (Å²) in [4.78, 5) is 20.3. The summed E-state index contributed by atoms with van der Waals surface area (Å²) in [5, 5.41) is 12.1. The van der Waals surface area contributed by atoms with E-state index >= 15 is 0 Å². The number of benzene rings is 1. The molecule has 0 aliphatic rings. The summed E-state index contributed by atoms with van der Waals surface area (Å²) >= 11 is 0. The molecule has 0 saturated heterocycles. The first kappa shape index (κ1) is 15.0. The minimum atomic E-state index is -0.401. The third-order valence-corrected chi connectivity index (χ3v) is 3.98. The molecule has 1 aromatic carbocycles. The van der Waals surface area contributed by atoms with E-state index in [1.54, 1.807) is 13.0 Å². The number of fused-ring (bicyclic) bond motifs is 1. The molecule has 0 spiro atoms. The topological polar surface area (TPSA) is 75.1 Å². The van der Waals surface area contributed by atoms with E-state index in [2.05, 4.69) is 20.9 Å². The summed E-state index contributed by atoms with van der Waals surface area (Å²) in [5.74, 6) is 0.751. The Balaban J connectivity index is 1.91. The lowest BCUT2D eigenvalue weighted by atomic mass is 10.1. The second-order valence-electron chi connectivity index (χ2n) is 5.40. The van der Waals surface area contributed by atoms with E-state index in [9.17, 15) is 10.1 Å². The van der Waals surface area contributed by atoms with Crippen LogP contribution in [0.1, 0.15) is 18.2 Å². The predicted octanol–water partition coefficient (Wildman–Crippen LogP) is 3.81. The van der Waals surface area contributed by atoms with Crippen LogP contribution >= 0.6 is 0 Å². The minimum Gasteiger partial charge on any atom is -0.361 e. The van der Waals surface area contributed by atoms with Gasteiger partial charge in [-0.15, -0.1) is 0 Å². The highest BCUT2D eigenvalue weighted by atomic mass is 16.6. The maximum atomic E-state index is 10.9. The third-order valence-electron chi connectivity index (χ3n) is 3.98. The van der Waals surface area contributed by atoms with Gasteiger partial charge >= 0.3 is 0 Å². The maximum absolute atomic E-state index is 10.9. The van der Waals surface area contributed by atoms with Crippen LogP contribution < -0.4 is 4.90 Å². The minimum absolute atomic E-state index is 0.0527. The van der Waals surface area contributed by atoms with Crippen LogP contribution in [0.25, 0.3) is 10.9 Å². The van der Waals surface area contributed by atoms with Crippen molar-refractivity contribution in [1.82, 2.24) is 9.97 Å². The smallest absolute Gasteiger partial charge is 0.290 e. The van der Waals surface area contributed by atoms with Gasteiger partial charge in [-0.05, 0) is 31.5 Å². The molecule has 6 nitrogen and oxygen atoms in total. The Hall–Kier alpha value is -2.89. The van der Waals surface area contributed by atoms with Crippen LogP contribution in [0.5, 0.6) is 0 Å². The molecule has 0 saturated carbocycles. The highest BCUT2D eigenvalue weighted by Gasteiger charge is 2.15. The van der Waals surface area contributed by atoms with E-state index in [-0.39, 0.29) is 5.69 Å². The Morgan fingerprint density at radius 3 is 2.74 bits per heavy atom. The Kier molecular flexibility index (Phi) is 3.97. The van der Waals surface area contributed by atoms with Crippen LogP contribution in [-0.2, 0) is 6.54 Å². The van der Waals surface area contributed by atoms with E-state index in [4.69, 9.17) is 0 Å². The van der Waals surface area contributed by atoms with Crippen molar-refractivity contribution in [2.45, 2.75) is 20.4 Å². The number of aromatic nitrogens is 2. The van der Waals surface area contributed by atoms with Crippen molar-refractivity contribution < 1.29 is 4.92 Å². The number of hydrogen-bond donors (Lipinski definition) is 1. The fourth-order valence-electron chi connectivity index (χ4n) is 2.73. The summed E-state index contributed by atoms with van der Waals surface area (Å²) in [6.07, 6.45) is 2.01. The lowest BCUT2D eigenvalue weighted by Gasteiger charge is -2.22. The van der Waals surface area contributed by atoms with E-state index < -0.39 is 4.92 Å². The molecule has 0 atom stereocenters. The van der Waals surface area contributed by atoms with E-state index in [0.29, 0.717) is 12.2 Å². The number of anilines is 1. The van der Waals surface area contributed by atoms with Gasteiger partial charge in [0.1, 0.15) is 11.5 Å². The number of nitrogens with one attached hydrogen (secondary N) is 1. The molecular formula is C17H18N4O2. The molecule has 1 N–H and O–H groups in total. The quantitative estimate of drug-likeness (QED) is 0.574. The molecule has 0 bridgehead atoms. The molecule has 0 aliphatic carbocycles. The lowest BCUT2D eigenvalue weighted by molar-refractivity contribution is -0.385. The van der Waals surface area contributed by atoms with Crippen LogP contribution in [0.3, 0.4) is 0 Å². The Morgan fingerprint density at radius 1 is 1.26 bits per heavy atom. The summed E-state index contributed by atoms with van der Waals surface area (Å²) in [5.41, 5.74) is 2.77. The average Bonchev–Trinajstić information content (AvgIpc) is 2.95. The Morgan fingerprint density at radius 2 is 2.04 bits per heavy atom. The van der Waals surface area contributed by atoms with Gasteiger partial charge in [-0.25, -0.2) is 4.98 Å². The summed E-state index contributed by atoms with van der Waals surface area (Å²) in [6, 6.07) is 11.4. The van der Waals surface area contributed by atoms with E-state index in [1.165, 1.54) is 17.0 Å². The van der Waals surface area contributed by atoms with Crippen LogP contribution in [0.4, 0.5) is 11.5 Å². The largest absolute Gasteiger partial charge is 0.361 e. The van der Waals surface area contributed by atoms with Crippen LogP contribution in [0, 0.1) is 17.0 Å². The number of nitrogens with zero attached hydrogens (tertiary/aromatic N) is 3. The van der Waals surface area contributed by atoms with E-state index in [0.717, 1.165) is 17.9 Å². The molecule has 3 rings (SSSR count). The molecule has 23 heavy (non-hydrogen) atoms. The van der Waals surface area contributed by atoms with Crippen molar-refractivity contribution in [3.63, 3.8) is 0 Å². The van der Waals surface area contributed by atoms with Crippen molar-refractivity contribution in [2.24, 2.45) is 0 Å². The SMILES string of the molecule is CCN(Cc1c[nH]c2ccccc12)c1ccc([N+](=O)[O-])c(C)n1. The van der Waals surface area contributed by atoms with Crippen LogP contribution in [0.15, 0.2) is 42.6 Å². The first-order valence-corrected chi connectivity index (χ1v) is 7.52. The van der Waals surface area contributed by atoms with Crippen molar-refractivity contribution >= 4 is 22.4 Å². The van der Waals surface area contributed by atoms with Crippen molar-refractivity contribution in [2.75, 3.05) is 11.4 Å². The van der Waals surface area contributed by atoms with Gasteiger partial charge in [0.25, 0.3) is 5.69 Å². The van der Waals surface area contributed by atoms with Gasteiger partial charge < -0.3 is 9.88 Å². The summed E-state index contributed by atoms with van der Waals surface area (Å²) < 4.78 is 0. The standard InChI is InChI=1S/C17H18N4O2/c1-3-20(17-9-8-16(21(22)23)12(2)19-17)11-13-10-18-15-7-5-4-6-14(13)15/h4-10,18H,3,11H2,1-2H3. The molecular weight excluding hydrogens is 292 g/mol. The Bertz CT molecular complexity index is 857. The first-order chi connectivity index (χ1) is 11.1. The number of para-hydroxylation sites is 1. The van der Waals surface area contributed by atoms with Crippen molar-refractivity contribution in [3.8, 4) is 0 Å². The highest BCUT2D eigenvalue weighted by molar-refractivity contribution is 5.83. The molecule has 0 radical (unpaired) electrons. The number of rotatable bonds is 5. The number of aromatic amines is 1. The predicted molar refractivity (Wildman–Crippen MR) is 90.7 cm³/mol. The molecule has 0 aliphatic heterocycles. The van der Waals surface area contributed by atoms with Gasteiger partial charge in [-0.3, -0.25) is 10.1 Å². The normalized spacial score (nSPS) is 10.9. The molecule has 2 heterocycles. The second-order valence-corrected chi connectivity index (χ2v) is 5.40. The van der Waals surface area contributed by atoms with E-state index in [1.807, 2.05) is 31.3 Å². The molecule has 6 heteroatoms. The number of nitro groups is 1. The zero-order valence-electron chi connectivity index (χ0n) is 13.1. The molecule has 118 valence electrons. The first-order valence-electron chi connectivity index (χ1n) is 7.52. The summed E-state index contributed by atoms with van der Waals surface area (Å²) in [7, 11) is 0. The highest BCUT2D eigenvalue weighted by Crippen LogP contribution is 2.24. The molecule has 0 unspecified atom stereocenters. The molecule has 2 aromatic heterocycles. The zero-order chi connectivity index (χ0) is 16.4. The fourth-order valence-corrected chi connectivity index (χ4v) is 2.73. The lowest BCUT2D eigenvalue weighted by Crippen LogP contribution is -2.23. The van der Waals surface area contributed by atoms with Crippen LogP contribution in [0.2, 0.25) is 0 Å². The molecule has 3 aromatic rings. The average molecular weight is 310 g/mol. The summed E-state index contributed by atoms with van der Waals surface area (Å²) in [6.45, 7) is 5.18. The number of pyridine rings is 1. The number of aryl methyl sites for hydroxylation is 1. The van der Waals surface area contributed by atoms with Crippen molar-refractivity contribution in [3.05, 3.63) is 64.0 Å². The Labute approximate surface area is 133 Å². The molecule has 0 amide bonds. The second kappa shape index (κ2) is 6.08. The zero-order valence-corrected chi connectivity index (χ0v) is 13.1. The van der Waals surface area contributed by atoms with Gasteiger partial charge in [-0.2, -0.15) is 0 Å². The monoisotopic (exact) mass is 310 g/mol. The molecule has 0 fully saturated rings. The number of H-pyrrole nitrogens is 1. The van der Waals surface area contributed by atoms with Crippen LogP contribution in [-0.4, -0.2) is 21.4 Å². The third kappa shape index (κ3) is 2.88. The van der Waals surface area contributed by atoms with Gasteiger partial charge in [0, 0.05) is 36.3 Å². The number of hydrogen-bond acceptors (Lipinski definition) is 4. The van der Waals surface area contributed by atoms with Gasteiger partial charge in [0.05, 0.1) is 4.92 Å². The maximum Gasteiger partial charge on any atom is 0.290 e. The van der Waals surface area contributed by atoms with Crippen molar-refractivity contribution in [1.29, 1.82) is 0 Å².